The molecular weight excluding hydrogens is 414 g/mol. The first-order chi connectivity index (χ1) is 13.7. The van der Waals surface area contributed by atoms with E-state index in [2.05, 4.69) is 14.9 Å². The molecule has 0 aliphatic rings. The molecule has 1 heterocycles. The number of ether oxygens (including phenoxy) is 1. The number of nitrogens with zero attached hydrogens (tertiary/aromatic N) is 2. The Kier molecular flexibility index (Phi) is 6.26. The Morgan fingerprint density at radius 1 is 1.21 bits per heavy atom. The van der Waals surface area contributed by atoms with E-state index in [0.717, 1.165) is 11.1 Å². The second kappa shape index (κ2) is 8.52. The summed E-state index contributed by atoms with van der Waals surface area (Å²) in [5.41, 5.74) is 2.13. The quantitative estimate of drug-likeness (QED) is 0.594. The van der Waals surface area contributed by atoms with Crippen LogP contribution in [0.15, 0.2) is 45.8 Å². The molecule has 0 atom stereocenters. The highest BCUT2D eigenvalue weighted by molar-refractivity contribution is 7.89. The third-order valence-electron chi connectivity index (χ3n) is 4.42. The minimum atomic E-state index is -3.78. The molecule has 0 unspecified atom stereocenters. The molecule has 0 aliphatic carbocycles. The summed E-state index contributed by atoms with van der Waals surface area (Å²) in [6, 6.07) is 10.3. The number of hydrogen-bond acceptors (Lipinski definition) is 6. The van der Waals surface area contributed by atoms with Crippen LogP contribution in [0, 0.1) is 6.92 Å². The zero-order valence-corrected chi connectivity index (χ0v) is 18.1. The Labute approximate surface area is 175 Å². The molecule has 0 saturated carbocycles. The summed E-state index contributed by atoms with van der Waals surface area (Å²) in [6.07, 6.45) is 0. The van der Waals surface area contributed by atoms with Gasteiger partial charge in [-0.2, -0.15) is 4.98 Å². The van der Waals surface area contributed by atoms with Crippen LogP contribution in [0.2, 0.25) is 5.02 Å². The fourth-order valence-electron chi connectivity index (χ4n) is 2.87. The third kappa shape index (κ3) is 4.77. The number of hydrogen-bond donors (Lipinski definition) is 1. The van der Waals surface area contributed by atoms with Gasteiger partial charge in [-0.15, -0.1) is 0 Å². The molecule has 3 aromatic rings. The SMILES string of the molecule is COc1cc(C)c(S(=O)(=O)NCc2nc(-c3ccc(Cl)cc3)no2)cc1C(C)C. The van der Waals surface area contributed by atoms with E-state index in [-0.39, 0.29) is 23.2 Å². The predicted molar refractivity (Wildman–Crippen MR) is 111 cm³/mol. The van der Waals surface area contributed by atoms with Crippen LogP contribution in [0.1, 0.15) is 36.8 Å². The average molecular weight is 436 g/mol. The first-order valence-electron chi connectivity index (χ1n) is 8.98. The Hall–Kier alpha value is -2.42. The second-order valence-corrected chi connectivity index (χ2v) is 9.03. The van der Waals surface area contributed by atoms with Crippen molar-refractivity contribution in [3.8, 4) is 17.1 Å². The molecule has 2 aromatic carbocycles. The van der Waals surface area contributed by atoms with E-state index in [1.54, 1.807) is 50.4 Å². The Morgan fingerprint density at radius 2 is 1.90 bits per heavy atom. The van der Waals surface area contributed by atoms with Crippen molar-refractivity contribution in [1.29, 1.82) is 0 Å². The van der Waals surface area contributed by atoms with Crippen molar-refractivity contribution >= 4 is 21.6 Å². The fraction of sp³-hybridized carbons (Fsp3) is 0.300. The van der Waals surface area contributed by atoms with Crippen molar-refractivity contribution in [3.63, 3.8) is 0 Å². The van der Waals surface area contributed by atoms with Gasteiger partial charge < -0.3 is 9.26 Å². The molecule has 0 fully saturated rings. The number of rotatable bonds is 7. The maximum atomic E-state index is 12.9. The van der Waals surface area contributed by atoms with Gasteiger partial charge in [0.15, 0.2) is 0 Å². The molecule has 0 saturated heterocycles. The second-order valence-electron chi connectivity index (χ2n) is 6.86. The van der Waals surface area contributed by atoms with Gasteiger partial charge in [0, 0.05) is 10.6 Å². The summed E-state index contributed by atoms with van der Waals surface area (Å²) in [4.78, 5) is 4.43. The molecule has 1 aromatic heterocycles. The smallest absolute Gasteiger partial charge is 0.242 e. The van der Waals surface area contributed by atoms with Crippen LogP contribution in [0.3, 0.4) is 0 Å². The highest BCUT2D eigenvalue weighted by Gasteiger charge is 2.22. The maximum absolute atomic E-state index is 12.9. The van der Waals surface area contributed by atoms with Gasteiger partial charge >= 0.3 is 0 Å². The van der Waals surface area contributed by atoms with Crippen molar-refractivity contribution in [2.45, 2.75) is 38.1 Å². The van der Waals surface area contributed by atoms with Gasteiger partial charge in [-0.25, -0.2) is 13.1 Å². The van der Waals surface area contributed by atoms with Gasteiger partial charge in [0.1, 0.15) is 5.75 Å². The van der Waals surface area contributed by atoms with E-state index < -0.39 is 10.0 Å². The molecule has 29 heavy (non-hydrogen) atoms. The minimum absolute atomic E-state index is 0.109. The Bertz CT molecular complexity index is 1110. The Balaban J connectivity index is 1.80. The van der Waals surface area contributed by atoms with Crippen molar-refractivity contribution < 1.29 is 17.7 Å². The molecule has 7 nitrogen and oxygen atoms in total. The molecular formula is C20H22ClN3O4S. The highest BCUT2D eigenvalue weighted by Crippen LogP contribution is 2.31. The van der Waals surface area contributed by atoms with Crippen LogP contribution in [0.25, 0.3) is 11.4 Å². The summed E-state index contributed by atoms with van der Waals surface area (Å²) < 4.78 is 38.8. The maximum Gasteiger partial charge on any atom is 0.242 e. The van der Waals surface area contributed by atoms with Crippen LogP contribution < -0.4 is 9.46 Å². The van der Waals surface area contributed by atoms with Crippen LogP contribution in [-0.2, 0) is 16.6 Å². The largest absolute Gasteiger partial charge is 0.496 e. The Morgan fingerprint density at radius 3 is 2.52 bits per heavy atom. The minimum Gasteiger partial charge on any atom is -0.496 e. The zero-order valence-electron chi connectivity index (χ0n) is 16.6. The lowest BCUT2D eigenvalue weighted by Crippen LogP contribution is -2.24. The average Bonchev–Trinajstić information content (AvgIpc) is 3.15. The summed E-state index contributed by atoms with van der Waals surface area (Å²) in [5, 5.41) is 4.48. The molecule has 9 heteroatoms. The van der Waals surface area contributed by atoms with Crippen LogP contribution >= 0.6 is 11.6 Å². The molecule has 0 bridgehead atoms. The van der Waals surface area contributed by atoms with Gasteiger partial charge in [0.25, 0.3) is 0 Å². The molecule has 0 radical (unpaired) electrons. The predicted octanol–water partition coefficient (Wildman–Crippen LogP) is 4.31. The molecule has 0 spiro atoms. The van der Waals surface area contributed by atoms with Gasteiger partial charge in [0.2, 0.25) is 21.7 Å². The fourth-order valence-corrected chi connectivity index (χ4v) is 4.23. The van der Waals surface area contributed by atoms with Crippen LogP contribution in [-0.4, -0.2) is 25.7 Å². The van der Waals surface area contributed by atoms with Crippen molar-refractivity contribution in [3.05, 3.63) is 58.4 Å². The molecule has 0 amide bonds. The number of methoxy groups -OCH3 is 1. The molecule has 154 valence electrons. The molecule has 0 aliphatic heterocycles. The zero-order chi connectivity index (χ0) is 21.2. The molecule has 3 rings (SSSR count). The number of nitrogens with one attached hydrogen (secondary N) is 1. The van der Waals surface area contributed by atoms with E-state index >= 15 is 0 Å². The lowest BCUT2D eigenvalue weighted by Gasteiger charge is -2.16. The van der Waals surface area contributed by atoms with Gasteiger partial charge in [-0.3, -0.25) is 0 Å². The number of aromatic nitrogens is 2. The summed E-state index contributed by atoms with van der Waals surface area (Å²) in [7, 11) is -2.21. The summed E-state index contributed by atoms with van der Waals surface area (Å²) in [5.74, 6) is 1.30. The van der Waals surface area contributed by atoms with Crippen molar-refractivity contribution in [2.24, 2.45) is 0 Å². The number of sulfonamides is 1. The lowest BCUT2D eigenvalue weighted by atomic mass is 10.0. The monoisotopic (exact) mass is 435 g/mol. The summed E-state index contributed by atoms with van der Waals surface area (Å²) in [6.45, 7) is 5.57. The van der Waals surface area contributed by atoms with E-state index in [9.17, 15) is 8.42 Å². The first kappa shape index (κ1) is 21.3. The van der Waals surface area contributed by atoms with E-state index in [4.69, 9.17) is 20.9 Å². The standard InChI is InChI=1S/C20H22ClN3O4S/c1-12(2)16-10-18(13(3)9-17(16)27-4)29(25,26)22-11-19-23-20(24-28-19)14-5-7-15(21)8-6-14/h5-10,12,22H,11H2,1-4H3. The van der Waals surface area contributed by atoms with Crippen molar-refractivity contribution in [2.75, 3.05) is 7.11 Å². The normalized spacial score (nSPS) is 11.8. The highest BCUT2D eigenvalue weighted by atomic mass is 35.5. The van der Waals surface area contributed by atoms with Crippen LogP contribution in [0.4, 0.5) is 0 Å². The van der Waals surface area contributed by atoms with Crippen molar-refractivity contribution in [1.82, 2.24) is 14.9 Å². The van der Waals surface area contributed by atoms with E-state index in [0.29, 0.717) is 22.2 Å². The van der Waals surface area contributed by atoms with Gasteiger partial charge in [-0.1, -0.05) is 30.6 Å². The number of aryl methyl sites for hydroxylation is 1. The number of benzene rings is 2. The summed E-state index contributed by atoms with van der Waals surface area (Å²) >= 11 is 5.88. The topological polar surface area (TPSA) is 94.3 Å². The molecule has 1 N–H and O–H groups in total. The van der Waals surface area contributed by atoms with Crippen LogP contribution in [0.5, 0.6) is 5.75 Å². The number of halogens is 1. The van der Waals surface area contributed by atoms with E-state index in [1.165, 1.54) is 0 Å². The van der Waals surface area contributed by atoms with E-state index in [1.807, 2.05) is 13.8 Å². The lowest BCUT2D eigenvalue weighted by molar-refractivity contribution is 0.376. The van der Waals surface area contributed by atoms with Gasteiger partial charge in [-0.05, 0) is 60.4 Å². The first-order valence-corrected chi connectivity index (χ1v) is 10.8. The van der Waals surface area contributed by atoms with Gasteiger partial charge in [0.05, 0.1) is 18.6 Å². The third-order valence-corrected chi connectivity index (χ3v) is 6.22.